The second-order valence-corrected chi connectivity index (χ2v) is 8.31. The summed E-state index contributed by atoms with van der Waals surface area (Å²) >= 11 is 6.92. The maximum Gasteiger partial charge on any atom is 0.131 e. The molecule has 0 aliphatic rings. The van der Waals surface area contributed by atoms with Crippen LogP contribution in [0.15, 0.2) is 69.6 Å². The molecule has 5 rings (SSSR count). The van der Waals surface area contributed by atoms with Crippen LogP contribution in [0.3, 0.4) is 0 Å². The van der Waals surface area contributed by atoms with Crippen molar-refractivity contribution in [2.45, 2.75) is 0 Å². The molecule has 0 heterocycles. The molecule has 0 spiro atoms. The molecule has 0 saturated carbocycles. The van der Waals surface area contributed by atoms with E-state index >= 15 is 0 Å². The molecular weight excluding hydrogens is 456 g/mol. The van der Waals surface area contributed by atoms with Crippen LogP contribution in [-0.2, 0) is 0 Å². The zero-order valence-electron chi connectivity index (χ0n) is 13.4. The van der Waals surface area contributed by atoms with Gasteiger partial charge in [-0.1, -0.05) is 44.0 Å². The maximum absolute atomic E-state index is 10.8. The van der Waals surface area contributed by atoms with Gasteiger partial charge >= 0.3 is 0 Å². The van der Waals surface area contributed by atoms with Crippen molar-refractivity contribution in [2.75, 3.05) is 0 Å². The zero-order valence-corrected chi connectivity index (χ0v) is 16.6. The van der Waals surface area contributed by atoms with Gasteiger partial charge in [0.2, 0.25) is 0 Å². The van der Waals surface area contributed by atoms with Gasteiger partial charge in [0.1, 0.15) is 11.5 Å². The fourth-order valence-electron chi connectivity index (χ4n) is 3.63. The van der Waals surface area contributed by atoms with E-state index in [0.717, 1.165) is 52.0 Å². The summed E-state index contributed by atoms with van der Waals surface area (Å²) < 4.78 is 1.83. The van der Waals surface area contributed by atoms with E-state index in [9.17, 15) is 10.2 Å². The highest BCUT2D eigenvalue weighted by Gasteiger charge is 2.12. The molecule has 2 nitrogen and oxygen atoms in total. The molecule has 0 saturated heterocycles. The van der Waals surface area contributed by atoms with E-state index in [1.807, 2.05) is 48.5 Å². The van der Waals surface area contributed by atoms with Gasteiger partial charge in [-0.2, -0.15) is 0 Å². The summed E-state index contributed by atoms with van der Waals surface area (Å²) in [7, 11) is 0. The number of aromatic hydroxyl groups is 2. The largest absolute Gasteiger partial charge is 0.507 e. The topological polar surface area (TPSA) is 40.5 Å². The molecule has 0 aliphatic carbocycles. The van der Waals surface area contributed by atoms with Crippen molar-refractivity contribution < 1.29 is 10.2 Å². The molecule has 4 heteroatoms. The van der Waals surface area contributed by atoms with E-state index in [-0.39, 0.29) is 11.5 Å². The van der Waals surface area contributed by atoms with Crippen LogP contribution in [0.5, 0.6) is 11.5 Å². The van der Waals surface area contributed by atoms with E-state index in [1.54, 1.807) is 0 Å². The van der Waals surface area contributed by atoms with Crippen molar-refractivity contribution in [2.24, 2.45) is 0 Å². The van der Waals surface area contributed by atoms with E-state index < -0.39 is 0 Å². The van der Waals surface area contributed by atoms with Crippen molar-refractivity contribution in [1.82, 2.24) is 0 Å². The van der Waals surface area contributed by atoms with Crippen molar-refractivity contribution in [3.8, 4) is 11.5 Å². The number of hydrogen-bond donors (Lipinski definition) is 2. The van der Waals surface area contributed by atoms with Crippen LogP contribution in [0.2, 0.25) is 0 Å². The van der Waals surface area contributed by atoms with Crippen LogP contribution < -0.4 is 0 Å². The molecule has 0 radical (unpaired) electrons. The number of hydrogen-bond acceptors (Lipinski definition) is 2. The van der Waals surface area contributed by atoms with Gasteiger partial charge in [0.25, 0.3) is 0 Å². The molecule has 0 amide bonds. The fraction of sp³-hybridized carbons (Fsp3) is 0. The van der Waals surface area contributed by atoms with Gasteiger partial charge in [-0.3, -0.25) is 0 Å². The normalized spacial score (nSPS) is 11.8. The second kappa shape index (κ2) is 5.60. The summed E-state index contributed by atoms with van der Waals surface area (Å²) in [6.45, 7) is 0. The average molecular weight is 468 g/mol. The molecule has 0 unspecified atom stereocenters. The highest BCUT2D eigenvalue weighted by atomic mass is 79.9. The Labute approximate surface area is 165 Å². The van der Waals surface area contributed by atoms with Crippen LogP contribution in [-0.4, -0.2) is 10.2 Å². The number of phenols is 2. The second-order valence-electron chi connectivity index (χ2n) is 6.48. The lowest BCUT2D eigenvalue weighted by atomic mass is 9.96. The summed E-state index contributed by atoms with van der Waals surface area (Å²) in [5.41, 5.74) is 0. The minimum absolute atomic E-state index is 0.231. The first-order chi connectivity index (χ1) is 12.5. The molecular formula is C22H12Br2O2. The quantitative estimate of drug-likeness (QED) is 0.236. The van der Waals surface area contributed by atoms with Crippen molar-refractivity contribution in [3.05, 3.63) is 69.6 Å². The van der Waals surface area contributed by atoms with E-state index in [2.05, 4.69) is 44.0 Å². The van der Waals surface area contributed by atoms with Crippen LogP contribution in [0.4, 0.5) is 0 Å². The third-order valence-electron chi connectivity index (χ3n) is 4.89. The van der Waals surface area contributed by atoms with Gasteiger partial charge in [-0.25, -0.2) is 0 Å². The first-order valence-electron chi connectivity index (χ1n) is 8.11. The van der Waals surface area contributed by atoms with E-state index in [4.69, 9.17) is 0 Å². The summed E-state index contributed by atoms with van der Waals surface area (Å²) in [6.07, 6.45) is 0. The summed E-state index contributed by atoms with van der Waals surface area (Å²) in [4.78, 5) is 0. The fourth-order valence-corrected chi connectivity index (χ4v) is 4.35. The smallest absolute Gasteiger partial charge is 0.131 e. The van der Waals surface area contributed by atoms with Gasteiger partial charge in [-0.05, 0) is 70.1 Å². The van der Waals surface area contributed by atoms with Crippen LogP contribution in [0.25, 0.3) is 43.1 Å². The standard InChI is InChI=1S/C22H12Br2O2/c23-15-3-1-11-5-13-7-14-6-12-2-4-16(24)9-18(12)22(26)20(14)10-19(13)21(25)17(11)8-15/h1-10,25-26H. The minimum atomic E-state index is 0.231. The molecule has 0 aromatic heterocycles. The number of phenolic OH excluding ortho intramolecular Hbond substituents is 2. The van der Waals surface area contributed by atoms with Gasteiger partial charge in [0.05, 0.1) is 0 Å². The van der Waals surface area contributed by atoms with Crippen molar-refractivity contribution in [1.29, 1.82) is 0 Å². The van der Waals surface area contributed by atoms with Crippen LogP contribution in [0, 0.1) is 0 Å². The Hall–Kier alpha value is -2.30. The number of halogens is 2. The van der Waals surface area contributed by atoms with Gasteiger partial charge < -0.3 is 10.2 Å². The highest BCUT2D eigenvalue weighted by molar-refractivity contribution is 9.10. The predicted octanol–water partition coefficient (Wildman–Crippen LogP) is 7.24. The van der Waals surface area contributed by atoms with Crippen LogP contribution >= 0.6 is 31.9 Å². The Morgan fingerprint density at radius 3 is 1.31 bits per heavy atom. The summed E-state index contributed by atoms with van der Waals surface area (Å²) in [5, 5.41) is 28.5. The third kappa shape index (κ3) is 2.29. The lowest BCUT2D eigenvalue weighted by molar-refractivity contribution is 0.487. The molecule has 0 fully saturated rings. The lowest BCUT2D eigenvalue weighted by Crippen LogP contribution is -1.83. The number of rotatable bonds is 0. The predicted molar refractivity (Wildman–Crippen MR) is 115 cm³/mol. The minimum Gasteiger partial charge on any atom is -0.507 e. The Bertz CT molecular complexity index is 1270. The Morgan fingerprint density at radius 1 is 0.462 bits per heavy atom. The Balaban J connectivity index is 1.97. The first-order valence-corrected chi connectivity index (χ1v) is 9.70. The van der Waals surface area contributed by atoms with Gasteiger partial charge in [0, 0.05) is 30.5 Å². The number of benzene rings is 5. The van der Waals surface area contributed by atoms with Crippen LogP contribution in [0.1, 0.15) is 0 Å². The third-order valence-corrected chi connectivity index (χ3v) is 5.88. The molecule has 5 aromatic carbocycles. The van der Waals surface area contributed by atoms with Gasteiger partial charge in [0.15, 0.2) is 0 Å². The average Bonchev–Trinajstić information content (AvgIpc) is 2.62. The highest BCUT2D eigenvalue weighted by Crippen LogP contribution is 2.41. The Kier molecular flexibility index (Phi) is 3.43. The molecule has 0 bridgehead atoms. The molecule has 0 aliphatic heterocycles. The molecule has 126 valence electrons. The molecule has 5 aromatic rings. The monoisotopic (exact) mass is 466 g/mol. The summed E-state index contributed by atoms with van der Waals surface area (Å²) in [6, 6.07) is 19.7. The van der Waals surface area contributed by atoms with Crippen molar-refractivity contribution in [3.63, 3.8) is 0 Å². The van der Waals surface area contributed by atoms with Gasteiger partial charge in [-0.15, -0.1) is 0 Å². The van der Waals surface area contributed by atoms with E-state index in [1.165, 1.54) is 0 Å². The first kappa shape index (κ1) is 15.9. The molecule has 0 atom stereocenters. The lowest BCUT2D eigenvalue weighted by Gasteiger charge is -2.11. The number of fused-ring (bicyclic) bond motifs is 4. The maximum atomic E-state index is 10.8. The SMILES string of the molecule is Oc1c2cc(Br)ccc2cc2cc3cc4ccc(Br)cc4c(O)c3cc12. The molecule has 26 heavy (non-hydrogen) atoms. The molecule has 2 N–H and O–H groups in total. The van der Waals surface area contributed by atoms with Crippen molar-refractivity contribution >= 4 is 74.9 Å². The van der Waals surface area contributed by atoms with E-state index in [0.29, 0.717) is 0 Å². The zero-order chi connectivity index (χ0) is 18.0. The Morgan fingerprint density at radius 2 is 0.846 bits per heavy atom. The summed E-state index contributed by atoms with van der Waals surface area (Å²) in [5.74, 6) is 0.462.